The van der Waals surface area contributed by atoms with E-state index >= 15 is 0 Å². The predicted octanol–water partition coefficient (Wildman–Crippen LogP) is 3.70. The zero-order valence-electron chi connectivity index (χ0n) is 15.4. The Morgan fingerprint density at radius 1 is 1.23 bits per heavy atom. The van der Waals surface area contributed by atoms with Crippen molar-refractivity contribution in [3.05, 3.63) is 0 Å². The van der Waals surface area contributed by atoms with Crippen molar-refractivity contribution >= 4 is 5.97 Å². The summed E-state index contributed by atoms with van der Waals surface area (Å²) >= 11 is 0. The first-order valence-electron chi connectivity index (χ1n) is 8.46. The summed E-state index contributed by atoms with van der Waals surface area (Å²) in [5, 5.41) is 9.55. The highest BCUT2D eigenvalue weighted by atomic mass is 16.6. The number of aliphatic hydroxyl groups is 1. The molecule has 1 N–H and O–H groups in total. The van der Waals surface area contributed by atoms with E-state index in [1.165, 1.54) is 0 Å². The van der Waals surface area contributed by atoms with Crippen LogP contribution >= 0.6 is 0 Å². The van der Waals surface area contributed by atoms with Crippen LogP contribution in [0.3, 0.4) is 0 Å². The van der Waals surface area contributed by atoms with Crippen molar-refractivity contribution in [1.29, 1.82) is 0 Å². The fraction of sp³-hybridized carbons (Fsp3) is 0.944. The minimum absolute atomic E-state index is 0.162. The van der Waals surface area contributed by atoms with Crippen LogP contribution in [0.25, 0.3) is 0 Å². The zero-order chi connectivity index (χ0) is 17.2. The molecule has 0 aromatic heterocycles. The molecule has 22 heavy (non-hydrogen) atoms. The Morgan fingerprint density at radius 3 is 2.27 bits per heavy atom. The Kier molecular flexibility index (Phi) is 6.07. The van der Waals surface area contributed by atoms with E-state index in [2.05, 4.69) is 13.8 Å². The van der Waals surface area contributed by atoms with Crippen molar-refractivity contribution in [2.24, 2.45) is 11.3 Å². The maximum Gasteiger partial charge on any atom is 0.311 e. The van der Waals surface area contributed by atoms with Crippen molar-refractivity contribution in [2.45, 2.75) is 91.5 Å². The Morgan fingerprint density at radius 2 is 1.82 bits per heavy atom. The van der Waals surface area contributed by atoms with Crippen LogP contribution in [-0.4, -0.2) is 35.0 Å². The van der Waals surface area contributed by atoms with Gasteiger partial charge in [-0.2, -0.15) is 0 Å². The molecule has 3 unspecified atom stereocenters. The molecule has 0 aromatic carbocycles. The predicted molar refractivity (Wildman–Crippen MR) is 87.6 cm³/mol. The van der Waals surface area contributed by atoms with Gasteiger partial charge in [-0.15, -0.1) is 0 Å². The highest BCUT2D eigenvalue weighted by molar-refractivity contribution is 5.75. The van der Waals surface area contributed by atoms with Crippen molar-refractivity contribution in [1.82, 2.24) is 0 Å². The Labute approximate surface area is 135 Å². The molecule has 1 aliphatic rings. The van der Waals surface area contributed by atoms with Crippen LogP contribution in [0.5, 0.6) is 0 Å². The van der Waals surface area contributed by atoms with Gasteiger partial charge in [0.05, 0.1) is 23.7 Å². The maximum atomic E-state index is 12.3. The van der Waals surface area contributed by atoms with Gasteiger partial charge in [-0.05, 0) is 59.8 Å². The molecule has 4 heteroatoms. The number of esters is 1. The molecule has 1 saturated carbocycles. The molecule has 0 radical (unpaired) electrons. The zero-order valence-corrected chi connectivity index (χ0v) is 15.4. The molecule has 1 fully saturated rings. The lowest BCUT2D eigenvalue weighted by molar-refractivity contribution is -0.196. The van der Waals surface area contributed by atoms with E-state index in [4.69, 9.17) is 9.47 Å². The molecule has 0 amide bonds. The second-order valence-corrected chi connectivity index (χ2v) is 8.50. The molecule has 3 atom stereocenters. The quantitative estimate of drug-likeness (QED) is 0.786. The van der Waals surface area contributed by atoms with E-state index in [1.807, 2.05) is 27.7 Å². The Bertz CT molecular complexity index is 383. The first-order chi connectivity index (χ1) is 9.90. The van der Waals surface area contributed by atoms with Crippen molar-refractivity contribution in [2.75, 3.05) is 6.61 Å². The third kappa shape index (κ3) is 4.95. The first kappa shape index (κ1) is 19.4. The Hall–Kier alpha value is -0.610. The van der Waals surface area contributed by atoms with Gasteiger partial charge in [0.2, 0.25) is 0 Å². The third-order valence-electron chi connectivity index (χ3n) is 4.59. The number of rotatable bonds is 5. The lowest BCUT2D eigenvalue weighted by Gasteiger charge is -2.48. The third-order valence-corrected chi connectivity index (χ3v) is 4.59. The second kappa shape index (κ2) is 6.88. The summed E-state index contributed by atoms with van der Waals surface area (Å²) < 4.78 is 12.0. The van der Waals surface area contributed by atoms with Crippen LogP contribution in [0.4, 0.5) is 0 Å². The van der Waals surface area contributed by atoms with Crippen molar-refractivity contribution in [3.63, 3.8) is 0 Å². The molecule has 0 saturated heterocycles. The van der Waals surface area contributed by atoms with Gasteiger partial charge in [0, 0.05) is 6.42 Å². The number of carbonyl (C=O) groups is 1. The number of hydrogen-bond acceptors (Lipinski definition) is 4. The van der Waals surface area contributed by atoms with Gasteiger partial charge in [0.25, 0.3) is 0 Å². The van der Waals surface area contributed by atoms with Crippen molar-refractivity contribution < 1.29 is 19.4 Å². The van der Waals surface area contributed by atoms with Crippen LogP contribution in [0.15, 0.2) is 0 Å². The fourth-order valence-corrected chi connectivity index (χ4v) is 3.10. The first-order valence-corrected chi connectivity index (χ1v) is 8.46. The minimum atomic E-state index is -0.499. The number of hydrogen-bond donors (Lipinski definition) is 1. The lowest BCUT2D eigenvalue weighted by Crippen LogP contribution is -2.52. The van der Waals surface area contributed by atoms with Gasteiger partial charge in [0.1, 0.15) is 5.60 Å². The van der Waals surface area contributed by atoms with Crippen LogP contribution in [-0.2, 0) is 14.3 Å². The summed E-state index contributed by atoms with van der Waals surface area (Å²) in [7, 11) is 0. The molecule has 0 spiro atoms. The van der Waals surface area contributed by atoms with Gasteiger partial charge in [-0.3, -0.25) is 4.79 Å². The smallest absolute Gasteiger partial charge is 0.311 e. The monoisotopic (exact) mass is 314 g/mol. The highest BCUT2D eigenvalue weighted by Crippen LogP contribution is 2.44. The van der Waals surface area contributed by atoms with E-state index in [9.17, 15) is 9.90 Å². The summed E-state index contributed by atoms with van der Waals surface area (Å²) in [4.78, 5) is 12.3. The lowest BCUT2D eigenvalue weighted by atomic mass is 9.70. The van der Waals surface area contributed by atoms with Crippen LogP contribution in [0.1, 0.15) is 74.1 Å². The van der Waals surface area contributed by atoms with Gasteiger partial charge in [-0.1, -0.05) is 13.8 Å². The highest BCUT2D eigenvalue weighted by Gasteiger charge is 2.48. The molecular weight excluding hydrogens is 280 g/mol. The number of carbonyl (C=O) groups excluding carboxylic acids is 1. The molecule has 130 valence electrons. The number of ether oxygens (including phenoxy) is 2. The largest absolute Gasteiger partial charge is 0.459 e. The van der Waals surface area contributed by atoms with E-state index < -0.39 is 17.1 Å². The van der Waals surface area contributed by atoms with E-state index in [-0.39, 0.29) is 11.6 Å². The average Bonchev–Trinajstić information content (AvgIpc) is 2.34. The molecular formula is C18H34O4. The Balaban J connectivity index is 2.88. The van der Waals surface area contributed by atoms with Gasteiger partial charge < -0.3 is 14.6 Å². The second-order valence-electron chi connectivity index (χ2n) is 8.50. The SMILES string of the molecule is CC(O)COC1(C(C)C)CCCC(C)(OC(=O)C(C)(C)C)C1. The van der Waals surface area contributed by atoms with Crippen LogP contribution in [0.2, 0.25) is 0 Å². The molecule has 0 heterocycles. The van der Waals surface area contributed by atoms with E-state index in [0.29, 0.717) is 18.9 Å². The molecule has 1 rings (SSSR count). The summed E-state index contributed by atoms with van der Waals surface area (Å²) in [6.45, 7) is 14.0. The summed E-state index contributed by atoms with van der Waals surface area (Å²) in [6, 6.07) is 0. The topological polar surface area (TPSA) is 55.8 Å². The van der Waals surface area contributed by atoms with Crippen molar-refractivity contribution in [3.8, 4) is 0 Å². The minimum Gasteiger partial charge on any atom is -0.459 e. The normalized spacial score (nSPS) is 31.1. The molecule has 0 bridgehead atoms. The van der Waals surface area contributed by atoms with Gasteiger partial charge in [-0.25, -0.2) is 0 Å². The summed E-state index contributed by atoms with van der Waals surface area (Å²) in [5.74, 6) is 0.143. The van der Waals surface area contributed by atoms with Gasteiger partial charge >= 0.3 is 5.97 Å². The van der Waals surface area contributed by atoms with E-state index in [0.717, 1.165) is 19.3 Å². The van der Waals surface area contributed by atoms with Gasteiger partial charge in [0.15, 0.2) is 0 Å². The van der Waals surface area contributed by atoms with E-state index in [1.54, 1.807) is 6.92 Å². The molecule has 0 aromatic rings. The summed E-state index contributed by atoms with van der Waals surface area (Å²) in [6.07, 6.45) is 2.97. The molecule has 4 nitrogen and oxygen atoms in total. The summed E-state index contributed by atoms with van der Waals surface area (Å²) in [5.41, 5.74) is -1.32. The van der Waals surface area contributed by atoms with Crippen LogP contribution in [0, 0.1) is 11.3 Å². The fourth-order valence-electron chi connectivity index (χ4n) is 3.10. The van der Waals surface area contributed by atoms with Crippen LogP contribution < -0.4 is 0 Å². The molecule has 0 aliphatic heterocycles. The standard InChI is InChI=1S/C18H34O4/c1-13(2)18(21-11-14(3)19)10-8-9-17(7,12-18)22-15(20)16(4,5)6/h13-14,19H,8-12H2,1-7H3. The average molecular weight is 314 g/mol. The molecule has 1 aliphatic carbocycles. The maximum absolute atomic E-state index is 12.3. The number of aliphatic hydroxyl groups excluding tert-OH is 1.